The third kappa shape index (κ3) is 8.51. The minimum absolute atomic E-state index is 0.0665. The minimum atomic E-state index is -2.76. The van der Waals surface area contributed by atoms with Crippen LogP contribution in [-0.2, 0) is 11.3 Å². The van der Waals surface area contributed by atoms with Crippen LogP contribution in [0.2, 0.25) is 0 Å². The zero-order chi connectivity index (χ0) is 42.4. The maximum absolute atomic E-state index is 15.8. The van der Waals surface area contributed by atoms with E-state index in [4.69, 9.17) is 9.73 Å². The topological polar surface area (TPSA) is 127 Å². The number of hydrogen-bond acceptors (Lipinski definition) is 11. The third-order valence-corrected chi connectivity index (χ3v) is 13.4. The van der Waals surface area contributed by atoms with Gasteiger partial charge in [0.1, 0.15) is 23.9 Å². The minimum Gasteiger partial charge on any atom is -0.491 e. The Hall–Kier alpha value is -5.28. The third-order valence-electron chi connectivity index (χ3n) is 13.4. The highest BCUT2D eigenvalue weighted by Gasteiger charge is 2.45. The maximum Gasteiger partial charge on any atom is 0.263 e. The summed E-state index contributed by atoms with van der Waals surface area (Å²) in [4.78, 5) is 62.8. The number of hydrogen-bond donors (Lipinski definition) is 1. The summed E-state index contributed by atoms with van der Waals surface area (Å²) in [7, 11) is 0. The second-order valence-electron chi connectivity index (χ2n) is 17.8. The Morgan fingerprint density at radius 3 is 2.31 bits per heavy atom. The summed E-state index contributed by atoms with van der Waals surface area (Å²) >= 11 is 0. The number of nitrogens with zero attached hydrogens (tertiary/aromatic N) is 8. The Kier molecular flexibility index (Phi) is 11.4. The Morgan fingerprint density at radius 2 is 1.57 bits per heavy atom. The van der Waals surface area contributed by atoms with Crippen molar-refractivity contribution in [3.05, 3.63) is 89.0 Å². The molecule has 322 valence electrons. The number of ether oxygens (including phenoxy) is 1. The average Bonchev–Trinajstić information content (AvgIpc) is 3.78. The number of benzene rings is 2. The van der Waals surface area contributed by atoms with Crippen LogP contribution in [0.3, 0.4) is 0 Å². The molecular formula is C46H55F2N9O4. The molecule has 1 unspecified atom stereocenters. The van der Waals surface area contributed by atoms with Gasteiger partial charge in [-0.3, -0.25) is 29.2 Å². The highest BCUT2D eigenvalue weighted by Crippen LogP contribution is 2.37. The molecule has 9 rings (SSSR count). The fraction of sp³-hybridized carbons (Fsp3) is 0.522. The fourth-order valence-electron chi connectivity index (χ4n) is 9.95. The van der Waals surface area contributed by atoms with E-state index < -0.39 is 29.7 Å². The van der Waals surface area contributed by atoms with Crippen molar-refractivity contribution < 1.29 is 27.9 Å². The number of piperidine rings is 3. The van der Waals surface area contributed by atoms with Gasteiger partial charge in [-0.2, -0.15) is 0 Å². The number of alkyl halides is 2. The van der Waals surface area contributed by atoms with Gasteiger partial charge in [-0.25, -0.2) is 18.7 Å². The molecule has 1 atom stereocenters. The monoisotopic (exact) mass is 835 g/mol. The molecule has 0 aliphatic carbocycles. The average molecular weight is 836 g/mol. The van der Waals surface area contributed by atoms with Gasteiger partial charge in [0, 0.05) is 74.7 Å². The molecule has 1 aromatic heterocycles. The molecule has 13 nitrogen and oxygen atoms in total. The van der Waals surface area contributed by atoms with Gasteiger partial charge in [-0.15, -0.1) is 0 Å². The van der Waals surface area contributed by atoms with E-state index in [9.17, 15) is 14.4 Å². The van der Waals surface area contributed by atoms with Gasteiger partial charge in [0.25, 0.3) is 17.7 Å². The molecule has 0 saturated carbocycles. The van der Waals surface area contributed by atoms with E-state index in [1.807, 2.05) is 43.0 Å². The Balaban J connectivity index is 0.717. The van der Waals surface area contributed by atoms with Crippen molar-refractivity contribution in [3.63, 3.8) is 0 Å². The number of imide groups is 1. The van der Waals surface area contributed by atoms with Crippen LogP contribution >= 0.6 is 0 Å². The quantitative estimate of drug-likeness (QED) is 0.252. The number of aliphatic imine (C=N–C) groups is 1. The lowest BCUT2D eigenvalue weighted by atomic mass is 9.88. The highest BCUT2D eigenvalue weighted by molar-refractivity contribution is 6.23. The Bertz CT molecular complexity index is 2230. The summed E-state index contributed by atoms with van der Waals surface area (Å²) in [5.41, 5.74) is 5.88. The van der Waals surface area contributed by atoms with E-state index >= 15 is 8.78 Å². The molecule has 6 aliphatic heterocycles. The van der Waals surface area contributed by atoms with Crippen molar-refractivity contribution in [3.8, 4) is 5.75 Å². The molecule has 0 radical (unpaired) electrons. The van der Waals surface area contributed by atoms with Crippen molar-refractivity contribution >= 4 is 34.9 Å². The predicted molar refractivity (Wildman–Crippen MR) is 229 cm³/mol. The number of amides is 3. The molecule has 61 heavy (non-hydrogen) atoms. The molecular weight excluding hydrogens is 781 g/mol. The van der Waals surface area contributed by atoms with Gasteiger partial charge >= 0.3 is 0 Å². The lowest BCUT2D eigenvalue weighted by Gasteiger charge is -2.42. The summed E-state index contributed by atoms with van der Waals surface area (Å²) in [6.07, 6.45) is 5.41. The number of allylic oxidation sites excluding steroid dienone is 1. The lowest BCUT2D eigenvalue weighted by molar-refractivity contribution is -0.125. The first kappa shape index (κ1) is 41.1. The largest absolute Gasteiger partial charge is 0.491 e. The van der Waals surface area contributed by atoms with Crippen molar-refractivity contribution in [2.24, 2.45) is 16.8 Å². The normalized spacial score (nSPS) is 22.2. The Morgan fingerprint density at radius 1 is 0.820 bits per heavy atom. The van der Waals surface area contributed by atoms with E-state index in [1.54, 1.807) is 18.5 Å². The summed E-state index contributed by atoms with van der Waals surface area (Å²) < 4.78 is 37.6. The molecule has 4 fully saturated rings. The van der Waals surface area contributed by atoms with Gasteiger partial charge in [0.2, 0.25) is 5.91 Å². The van der Waals surface area contributed by atoms with Gasteiger partial charge in [-0.1, -0.05) is 12.6 Å². The van der Waals surface area contributed by atoms with Crippen LogP contribution in [0.25, 0.3) is 0 Å². The maximum atomic E-state index is 15.8. The number of carbonyl (C=O) groups is 3. The molecule has 0 bridgehead atoms. The molecule has 3 aromatic rings. The van der Waals surface area contributed by atoms with E-state index in [0.29, 0.717) is 94.2 Å². The van der Waals surface area contributed by atoms with Crippen molar-refractivity contribution in [1.82, 2.24) is 30.0 Å². The summed E-state index contributed by atoms with van der Waals surface area (Å²) in [6.45, 7) is 14.3. The Labute approximate surface area is 355 Å². The van der Waals surface area contributed by atoms with E-state index in [2.05, 4.69) is 42.6 Å². The number of carbonyl (C=O) groups excluding carboxylic acids is 3. The molecule has 4 saturated heterocycles. The highest BCUT2D eigenvalue weighted by atomic mass is 19.3. The fourth-order valence-corrected chi connectivity index (χ4v) is 9.95. The van der Waals surface area contributed by atoms with Crippen molar-refractivity contribution in [2.45, 2.75) is 77.0 Å². The molecule has 6 aliphatic rings. The molecule has 3 amide bonds. The summed E-state index contributed by atoms with van der Waals surface area (Å²) in [5, 5.41) is 2.68. The SMILES string of the molecule is C=C1CCC(N2C(=O)c3ccc(N4CCC(CN5CCC(C(F)(F)CN6CCN(c7cc(C8=NCc9ccc(OC(C)C)cc98)ncn7)CC6)CC5)CC4)cc3C2=O)C(=O)N1. The second kappa shape index (κ2) is 16.9. The van der Waals surface area contributed by atoms with E-state index in [1.165, 1.54) is 0 Å². The number of anilines is 2. The number of fused-ring (bicyclic) bond motifs is 2. The zero-order valence-electron chi connectivity index (χ0n) is 35.1. The summed E-state index contributed by atoms with van der Waals surface area (Å²) in [6, 6.07) is 12.6. The molecule has 15 heteroatoms. The predicted octanol–water partition coefficient (Wildman–Crippen LogP) is 5.39. The van der Waals surface area contributed by atoms with Gasteiger partial charge < -0.3 is 24.8 Å². The number of halogens is 2. The van der Waals surface area contributed by atoms with Gasteiger partial charge in [0.15, 0.2) is 0 Å². The first-order chi connectivity index (χ1) is 29.4. The van der Waals surface area contributed by atoms with E-state index in [0.717, 1.165) is 77.2 Å². The number of likely N-dealkylation sites (tertiary alicyclic amines) is 1. The molecule has 2 aromatic carbocycles. The lowest BCUT2D eigenvalue weighted by Crippen LogP contribution is -2.53. The van der Waals surface area contributed by atoms with Crippen molar-refractivity contribution in [2.75, 3.05) is 75.2 Å². The number of rotatable bonds is 11. The van der Waals surface area contributed by atoms with Crippen LogP contribution in [0.4, 0.5) is 20.3 Å². The molecule has 0 spiro atoms. The zero-order valence-corrected chi connectivity index (χ0v) is 35.1. The van der Waals surface area contributed by atoms with E-state index in [-0.39, 0.29) is 18.6 Å². The number of piperazine rings is 1. The number of aromatic nitrogens is 2. The van der Waals surface area contributed by atoms with Crippen molar-refractivity contribution in [1.29, 1.82) is 0 Å². The van der Waals surface area contributed by atoms with Crippen LogP contribution in [0, 0.1) is 11.8 Å². The second-order valence-corrected chi connectivity index (χ2v) is 17.8. The first-order valence-electron chi connectivity index (χ1n) is 21.9. The van der Waals surface area contributed by atoms with Crippen LogP contribution in [-0.4, -0.2) is 132 Å². The first-order valence-corrected chi connectivity index (χ1v) is 21.9. The van der Waals surface area contributed by atoms with Gasteiger partial charge in [0.05, 0.1) is 41.7 Å². The van der Waals surface area contributed by atoms with Gasteiger partial charge in [-0.05, 0) is 107 Å². The van der Waals surface area contributed by atoms with Crippen LogP contribution in [0.15, 0.2) is 66.1 Å². The summed E-state index contributed by atoms with van der Waals surface area (Å²) in [5.74, 6) is -2.58. The standard InChI is InChI=1S/C46H55F2N9O4/c1-29(2)61-35-7-5-32-25-49-42(37(32)23-35)39-24-41(51-28-50-39)56-20-18-54(19-21-56)27-46(47,48)33-12-14-53(15-13-33)26-31-10-16-55(17-11-31)34-6-8-36-38(22-34)45(60)57(44(36)59)40-9-4-30(3)52-43(40)58/h5-8,22-24,28-29,31,33,40H,3-4,9-21,25-27H2,1-2H3,(H,52,58). The molecule has 7 heterocycles. The smallest absolute Gasteiger partial charge is 0.263 e. The number of nitrogens with one attached hydrogen (secondary N) is 1. The van der Waals surface area contributed by atoms with Crippen LogP contribution in [0.5, 0.6) is 5.75 Å². The van der Waals surface area contributed by atoms with Crippen LogP contribution < -0.4 is 19.9 Å². The molecule has 1 N–H and O–H groups in total. The van der Waals surface area contributed by atoms with Crippen LogP contribution in [0.1, 0.15) is 89.9 Å².